The van der Waals surface area contributed by atoms with Crippen molar-refractivity contribution in [1.29, 1.82) is 0 Å². The summed E-state index contributed by atoms with van der Waals surface area (Å²) < 4.78 is 5.87. The highest BCUT2D eigenvalue weighted by atomic mass is 16.5. The van der Waals surface area contributed by atoms with Crippen molar-refractivity contribution in [2.24, 2.45) is 0 Å². The molecule has 0 aliphatic rings. The third kappa shape index (κ3) is 4.49. The minimum Gasteiger partial charge on any atom is -0.508 e. The topological polar surface area (TPSA) is 46.5 Å². The number of carbonyl (C=O) groups is 1. The Morgan fingerprint density at radius 2 is 1.39 bits per heavy atom. The molecule has 0 amide bonds. The summed E-state index contributed by atoms with van der Waals surface area (Å²) in [5.74, 6) is 1.64. The van der Waals surface area contributed by atoms with E-state index in [4.69, 9.17) is 4.74 Å². The Labute approximate surface area is 165 Å². The smallest absolute Gasteiger partial charge is 0.150 e. The molecule has 28 heavy (non-hydrogen) atoms. The summed E-state index contributed by atoms with van der Waals surface area (Å²) in [4.78, 5) is 10.9. The van der Waals surface area contributed by atoms with E-state index in [2.05, 4.69) is 26.0 Å². The molecule has 0 unspecified atom stereocenters. The van der Waals surface area contributed by atoms with Gasteiger partial charge in [-0.3, -0.25) is 4.79 Å². The lowest BCUT2D eigenvalue weighted by Crippen LogP contribution is -1.92. The van der Waals surface area contributed by atoms with Crippen LogP contribution in [0.5, 0.6) is 17.2 Å². The molecule has 3 aromatic carbocycles. The second kappa shape index (κ2) is 9.05. The van der Waals surface area contributed by atoms with Crippen LogP contribution in [0, 0.1) is 0 Å². The van der Waals surface area contributed by atoms with Crippen molar-refractivity contribution >= 4 is 17.4 Å². The SMILES string of the molecule is CCC(=C(CC)c1ccc(Oc2cccc(C=O)c2)cc1)c1ccc(O)cc1. The molecule has 0 spiro atoms. The number of aromatic hydroxyl groups is 1. The van der Waals surface area contributed by atoms with Crippen molar-refractivity contribution in [2.45, 2.75) is 26.7 Å². The zero-order chi connectivity index (χ0) is 19.9. The molecule has 0 aliphatic heterocycles. The molecular formula is C25H24O3. The number of rotatable bonds is 7. The second-order valence-corrected chi connectivity index (χ2v) is 6.53. The average Bonchev–Trinajstić information content (AvgIpc) is 2.74. The number of hydrogen-bond acceptors (Lipinski definition) is 3. The lowest BCUT2D eigenvalue weighted by Gasteiger charge is -2.15. The quantitative estimate of drug-likeness (QED) is 0.369. The Morgan fingerprint density at radius 1 is 0.821 bits per heavy atom. The van der Waals surface area contributed by atoms with E-state index in [-0.39, 0.29) is 5.75 Å². The Morgan fingerprint density at radius 3 is 1.93 bits per heavy atom. The first-order valence-electron chi connectivity index (χ1n) is 9.49. The van der Waals surface area contributed by atoms with Gasteiger partial charge in [-0.2, -0.15) is 0 Å². The Kier molecular flexibility index (Phi) is 6.28. The van der Waals surface area contributed by atoms with E-state index in [0.29, 0.717) is 11.3 Å². The molecule has 0 radical (unpaired) electrons. The van der Waals surface area contributed by atoms with Crippen LogP contribution >= 0.6 is 0 Å². The summed E-state index contributed by atoms with van der Waals surface area (Å²) in [5.41, 5.74) is 5.42. The first kappa shape index (κ1) is 19.4. The fourth-order valence-electron chi connectivity index (χ4n) is 3.36. The Hall–Kier alpha value is -3.33. The zero-order valence-corrected chi connectivity index (χ0v) is 16.2. The summed E-state index contributed by atoms with van der Waals surface area (Å²) in [6.07, 6.45) is 2.63. The number of phenols is 1. The third-order valence-electron chi connectivity index (χ3n) is 4.72. The summed E-state index contributed by atoms with van der Waals surface area (Å²) in [7, 11) is 0. The monoisotopic (exact) mass is 372 g/mol. The van der Waals surface area contributed by atoms with Crippen LogP contribution in [0.3, 0.4) is 0 Å². The van der Waals surface area contributed by atoms with Gasteiger partial charge in [0.1, 0.15) is 23.5 Å². The largest absolute Gasteiger partial charge is 0.508 e. The Balaban J connectivity index is 1.89. The van der Waals surface area contributed by atoms with Crippen LogP contribution < -0.4 is 4.74 Å². The minimum absolute atomic E-state index is 0.275. The van der Waals surface area contributed by atoms with E-state index in [1.54, 1.807) is 30.3 Å². The lowest BCUT2D eigenvalue weighted by molar-refractivity contribution is 0.112. The highest BCUT2D eigenvalue weighted by Crippen LogP contribution is 2.33. The van der Waals surface area contributed by atoms with Crippen molar-refractivity contribution in [3.05, 3.63) is 89.5 Å². The van der Waals surface area contributed by atoms with Crippen LogP contribution in [0.2, 0.25) is 0 Å². The number of aldehydes is 1. The zero-order valence-electron chi connectivity index (χ0n) is 16.2. The van der Waals surface area contributed by atoms with Crippen LogP contribution in [0.15, 0.2) is 72.8 Å². The van der Waals surface area contributed by atoms with Gasteiger partial charge in [0.15, 0.2) is 0 Å². The van der Waals surface area contributed by atoms with Gasteiger partial charge in [0.25, 0.3) is 0 Å². The van der Waals surface area contributed by atoms with Crippen LogP contribution in [0.4, 0.5) is 0 Å². The number of ether oxygens (including phenoxy) is 1. The van der Waals surface area contributed by atoms with E-state index >= 15 is 0 Å². The van der Waals surface area contributed by atoms with Gasteiger partial charge in [-0.15, -0.1) is 0 Å². The van der Waals surface area contributed by atoms with Crippen LogP contribution in [0.1, 0.15) is 48.2 Å². The van der Waals surface area contributed by atoms with Crippen molar-refractivity contribution in [1.82, 2.24) is 0 Å². The maximum Gasteiger partial charge on any atom is 0.150 e. The molecule has 0 heterocycles. The van der Waals surface area contributed by atoms with Crippen LogP contribution in [-0.4, -0.2) is 11.4 Å². The van der Waals surface area contributed by atoms with Gasteiger partial charge in [-0.05, 0) is 71.5 Å². The molecular weight excluding hydrogens is 348 g/mol. The third-order valence-corrected chi connectivity index (χ3v) is 4.72. The second-order valence-electron chi connectivity index (χ2n) is 6.53. The molecule has 3 nitrogen and oxygen atoms in total. The maximum atomic E-state index is 10.9. The number of carbonyl (C=O) groups excluding carboxylic acids is 1. The van der Waals surface area contributed by atoms with Crippen molar-refractivity contribution in [2.75, 3.05) is 0 Å². The molecule has 142 valence electrons. The number of allylic oxidation sites excluding steroid dienone is 2. The highest BCUT2D eigenvalue weighted by molar-refractivity contribution is 5.90. The van der Waals surface area contributed by atoms with Gasteiger partial charge in [0.2, 0.25) is 0 Å². The molecule has 0 aromatic heterocycles. The predicted molar refractivity (Wildman–Crippen MR) is 114 cm³/mol. The number of benzene rings is 3. The molecule has 3 heteroatoms. The fourth-order valence-corrected chi connectivity index (χ4v) is 3.36. The molecule has 0 aliphatic carbocycles. The van der Waals surface area contributed by atoms with Gasteiger partial charge in [-0.1, -0.05) is 50.2 Å². The van der Waals surface area contributed by atoms with Gasteiger partial charge >= 0.3 is 0 Å². The fraction of sp³-hybridized carbons (Fsp3) is 0.160. The van der Waals surface area contributed by atoms with E-state index < -0.39 is 0 Å². The van der Waals surface area contributed by atoms with Crippen molar-refractivity contribution in [3.8, 4) is 17.2 Å². The van der Waals surface area contributed by atoms with E-state index in [1.165, 1.54) is 11.1 Å². The molecule has 0 fully saturated rings. The van der Waals surface area contributed by atoms with Crippen molar-refractivity contribution in [3.63, 3.8) is 0 Å². The molecule has 3 aromatic rings. The Bertz CT molecular complexity index is 967. The van der Waals surface area contributed by atoms with E-state index in [0.717, 1.165) is 36.0 Å². The first-order valence-corrected chi connectivity index (χ1v) is 9.49. The van der Waals surface area contributed by atoms with Crippen molar-refractivity contribution < 1.29 is 14.6 Å². The van der Waals surface area contributed by atoms with Gasteiger partial charge in [0, 0.05) is 5.56 Å². The molecule has 0 bridgehead atoms. The number of phenolic OH excluding ortho intramolecular Hbond substituents is 1. The highest BCUT2D eigenvalue weighted by Gasteiger charge is 2.10. The summed E-state index contributed by atoms with van der Waals surface area (Å²) in [6.45, 7) is 4.30. The minimum atomic E-state index is 0.275. The summed E-state index contributed by atoms with van der Waals surface area (Å²) in [5, 5.41) is 9.56. The molecule has 0 saturated carbocycles. The standard InChI is InChI=1S/C25H24O3/c1-3-24(19-8-12-21(27)13-9-19)25(4-2)20-10-14-22(15-11-20)28-23-7-5-6-18(16-23)17-26/h5-17,27H,3-4H2,1-2H3. The van der Waals surface area contributed by atoms with Gasteiger partial charge in [0.05, 0.1) is 0 Å². The first-order chi connectivity index (χ1) is 13.6. The lowest BCUT2D eigenvalue weighted by atomic mass is 9.91. The van der Waals surface area contributed by atoms with E-state index in [1.807, 2.05) is 30.3 Å². The number of hydrogen-bond donors (Lipinski definition) is 1. The molecule has 1 N–H and O–H groups in total. The molecule has 0 saturated heterocycles. The summed E-state index contributed by atoms with van der Waals surface area (Å²) in [6, 6.07) is 22.5. The van der Waals surface area contributed by atoms with Gasteiger partial charge in [-0.25, -0.2) is 0 Å². The molecule has 0 atom stereocenters. The normalized spacial score (nSPS) is 11.6. The van der Waals surface area contributed by atoms with Crippen LogP contribution in [-0.2, 0) is 0 Å². The van der Waals surface area contributed by atoms with E-state index in [9.17, 15) is 9.90 Å². The average molecular weight is 372 g/mol. The maximum absolute atomic E-state index is 10.9. The summed E-state index contributed by atoms with van der Waals surface area (Å²) >= 11 is 0. The van der Waals surface area contributed by atoms with Gasteiger partial charge < -0.3 is 9.84 Å². The molecule has 3 rings (SSSR count). The predicted octanol–water partition coefficient (Wildman–Crippen LogP) is 6.73. The van der Waals surface area contributed by atoms with Crippen LogP contribution in [0.25, 0.3) is 11.1 Å².